The molecule has 1 aromatic rings. The van der Waals surface area contributed by atoms with Gasteiger partial charge in [-0.1, -0.05) is 24.3 Å². The van der Waals surface area contributed by atoms with Gasteiger partial charge in [0.2, 0.25) is 10.0 Å². The molecule has 2 heterocycles. The van der Waals surface area contributed by atoms with Gasteiger partial charge in [-0.2, -0.15) is 0 Å². The molecule has 9 heteroatoms. The summed E-state index contributed by atoms with van der Waals surface area (Å²) in [5, 5.41) is 3.29. The topological polar surface area (TPSA) is 83.0 Å². The van der Waals surface area contributed by atoms with Gasteiger partial charge in [-0.25, -0.2) is 13.1 Å². The molecule has 1 aromatic carbocycles. The van der Waals surface area contributed by atoms with Gasteiger partial charge >= 0.3 is 0 Å². The number of benzene rings is 1. The molecule has 0 radical (unpaired) electrons. The number of rotatable bonds is 7. The van der Waals surface area contributed by atoms with Crippen molar-refractivity contribution in [2.24, 2.45) is 4.99 Å². The smallest absolute Gasteiger partial charge is 0.213 e. The summed E-state index contributed by atoms with van der Waals surface area (Å²) in [6.45, 7) is 5.77. The Bertz CT molecular complexity index is 767. The van der Waals surface area contributed by atoms with E-state index in [4.69, 9.17) is 4.74 Å². The van der Waals surface area contributed by atoms with Crippen LogP contribution in [0.3, 0.4) is 0 Å². The summed E-state index contributed by atoms with van der Waals surface area (Å²) in [4.78, 5) is 6.77. The van der Waals surface area contributed by atoms with Crippen LogP contribution in [0.4, 0.5) is 0 Å². The predicted octanol–water partition coefficient (Wildman–Crippen LogP) is 2.12. The molecule has 1 saturated heterocycles. The zero-order valence-corrected chi connectivity index (χ0v) is 20.2. The lowest BCUT2D eigenvalue weighted by atomic mass is 10.0. The second-order valence-corrected chi connectivity index (χ2v) is 9.26. The zero-order valence-electron chi connectivity index (χ0n) is 17.1. The molecule has 0 spiro atoms. The van der Waals surface area contributed by atoms with Crippen LogP contribution in [0.1, 0.15) is 37.3 Å². The van der Waals surface area contributed by atoms with E-state index < -0.39 is 10.0 Å². The van der Waals surface area contributed by atoms with Gasteiger partial charge in [-0.15, -0.1) is 24.0 Å². The van der Waals surface area contributed by atoms with Gasteiger partial charge in [0.15, 0.2) is 5.96 Å². The fourth-order valence-corrected chi connectivity index (χ4v) is 4.55. The Morgan fingerprint density at radius 2 is 2.07 bits per heavy atom. The van der Waals surface area contributed by atoms with Gasteiger partial charge in [0.05, 0.1) is 18.4 Å². The fourth-order valence-electron chi connectivity index (χ4n) is 3.63. The van der Waals surface area contributed by atoms with Gasteiger partial charge in [0.1, 0.15) is 0 Å². The molecule has 0 saturated carbocycles. The minimum atomic E-state index is -3.35. The molecule has 2 aliphatic heterocycles. The zero-order chi connectivity index (χ0) is 19.8. The van der Waals surface area contributed by atoms with E-state index in [0.29, 0.717) is 6.54 Å². The van der Waals surface area contributed by atoms with Crippen LogP contribution in [-0.2, 0) is 27.7 Å². The Kier molecular flexibility index (Phi) is 10.1. The Morgan fingerprint density at radius 3 is 2.79 bits per heavy atom. The predicted molar refractivity (Wildman–Crippen MR) is 127 cm³/mol. The average molecular weight is 536 g/mol. The summed E-state index contributed by atoms with van der Waals surface area (Å²) >= 11 is 0. The molecular formula is C20H33IN4O3S. The van der Waals surface area contributed by atoms with E-state index in [0.717, 1.165) is 57.9 Å². The third-order valence-corrected chi connectivity index (χ3v) is 6.52. The molecule has 0 aliphatic carbocycles. The number of ether oxygens (including phenoxy) is 1. The first-order chi connectivity index (χ1) is 13.6. The van der Waals surface area contributed by atoms with Crippen LogP contribution >= 0.6 is 24.0 Å². The lowest BCUT2D eigenvalue weighted by Gasteiger charge is -2.31. The number of hydrogen-bond acceptors (Lipinski definition) is 4. The quantitative estimate of drug-likeness (QED) is 0.317. The second-order valence-electron chi connectivity index (χ2n) is 7.33. The van der Waals surface area contributed by atoms with E-state index in [9.17, 15) is 8.42 Å². The van der Waals surface area contributed by atoms with Crippen molar-refractivity contribution in [2.75, 3.05) is 38.5 Å². The van der Waals surface area contributed by atoms with Crippen molar-refractivity contribution in [3.8, 4) is 0 Å². The van der Waals surface area contributed by atoms with E-state index in [1.165, 1.54) is 11.1 Å². The van der Waals surface area contributed by atoms with Crippen LogP contribution in [0.5, 0.6) is 0 Å². The summed E-state index contributed by atoms with van der Waals surface area (Å²) in [6.07, 6.45) is 4.05. The van der Waals surface area contributed by atoms with Gasteiger partial charge in [0.25, 0.3) is 0 Å². The molecule has 3 rings (SSSR count). The monoisotopic (exact) mass is 536 g/mol. The largest absolute Gasteiger partial charge is 0.377 e. The number of aliphatic imine (C=N–C) groups is 1. The van der Waals surface area contributed by atoms with Gasteiger partial charge in [-0.05, 0) is 43.7 Å². The molecule has 1 unspecified atom stereocenters. The SMILES string of the molecule is CCNC(=NCCS(=O)(=O)NCC1CCCCO1)N1CCc2ccccc2C1.I. The summed E-state index contributed by atoms with van der Waals surface area (Å²) < 4.78 is 32.8. The third kappa shape index (κ3) is 7.69. The minimum absolute atomic E-state index is 0. The first kappa shape index (κ1) is 24.4. The van der Waals surface area contributed by atoms with E-state index >= 15 is 0 Å². The second kappa shape index (κ2) is 12.1. The normalized spacial score (nSPS) is 20.0. The minimum Gasteiger partial charge on any atom is -0.377 e. The van der Waals surface area contributed by atoms with E-state index in [2.05, 4.69) is 44.2 Å². The maximum atomic E-state index is 12.3. The van der Waals surface area contributed by atoms with Crippen molar-refractivity contribution in [1.29, 1.82) is 0 Å². The number of halogens is 1. The van der Waals surface area contributed by atoms with Gasteiger partial charge in [-0.3, -0.25) is 4.99 Å². The number of fused-ring (bicyclic) bond motifs is 1. The molecule has 164 valence electrons. The van der Waals surface area contributed by atoms with E-state index in [-0.39, 0.29) is 42.4 Å². The lowest BCUT2D eigenvalue weighted by molar-refractivity contribution is 0.0200. The van der Waals surface area contributed by atoms with Crippen LogP contribution in [0.15, 0.2) is 29.3 Å². The van der Waals surface area contributed by atoms with Gasteiger partial charge < -0.3 is 15.0 Å². The lowest BCUT2D eigenvalue weighted by Crippen LogP contribution is -2.44. The Labute approximate surface area is 191 Å². The molecule has 29 heavy (non-hydrogen) atoms. The molecule has 1 fully saturated rings. The standard InChI is InChI=1S/C20H32N4O3S.HI/c1-2-21-20(24-12-10-17-7-3-4-8-18(17)16-24)22-11-14-28(25,26)23-15-19-9-5-6-13-27-19;/h3-4,7-8,19,23H,2,5-6,9-16H2,1H3,(H,21,22);1H. The van der Waals surface area contributed by atoms with Crippen molar-refractivity contribution in [1.82, 2.24) is 14.9 Å². The van der Waals surface area contributed by atoms with Crippen molar-refractivity contribution in [3.05, 3.63) is 35.4 Å². The molecule has 0 aromatic heterocycles. The van der Waals surface area contributed by atoms with Crippen molar-refractivity contribution >= 4 is 40.0 Å². The average Bonchev–Trinajstić information content (AvgIpc) is 2.72. The number of sulfonamides is 1. The summed E-state index contributed by atoms with van der Waals surface area (Å²) in [6, 6.07) is 8.45. The molecular weight excluding hydrogens is 503 g/mol. The van der Waals surface area contributed by atoms with E-state index in [1.807, 2.05) is 6.92 Å². The summed E-state index contributed by atoms with van der Waals surface area (Å²) in [5.41, 5.74) is 2.69. The van der Waals surface area contributed by atoms with Gasteiger partial charge in [0, 0.05) is 32.8 Å². The highest BCUT2D eigenvalue weighted by Crippen LogP contribution is 2.18. The molecule has 2 aliphatic rings. The van der Waals surface area contributed by atoms with Crippen molar-refractivity contribution in [2.45, 2.75) is 45.3 Å². The summed E-state index contributed by atoms with van der Waals surface area (Å²) in [7, 11) is -3.35. The fraction of sp³-hybridized carbons (Fsp3) is 0.650. The van der Waals surface area contributed by atoms with Crippen LogP contribution < -0.4 is 10.0 Å². The highest BCUT2D eigenvalue weighted by atomic mass is 127. The third-order valence-electron chi connectivity index (χ3n) is 5.19. The molecule has 2 N–H and O–H groups in total. The van der Waals surface area contributed by atoms with Crippen LogP contribution in [-0.4, -0.2) is 63.9 Å². The van der Waals surface area contributed by atoms with Crippen LogP contribution in [0, 0.1) is 0 Å². The first-order valence-electron chi connectivity index (χ1n) is 10.3. The highest BCUT2D eigenvalue weighted by molar-refractivity contribution is 14.0. The molecule has 1 atom stereocenters. The maximum absolute atomic E-state index is 12.3. The Hall–Kier alpha value is -0.910. The number of nitrogens with one attached hydrogen (secondary N) is 2. The van der Waals surface area contributed by atoms with Crippen LogP contribution in [0.25, 0.3) is 0 Å². The number of hydrogen-bond donors (Lipinski definition) is 2. The molecule has 7 nitrogen and oxygen atoms in total. The van der Waals surface area contributed by atoms with Crippen LogP contribution in [0.2, 0.25) is 0 Å². The number of nitrogens with zero attached hydrogens (tertiary/aromatic N) is 2. The highest BCUT2D eigenvalue weighted by Gasteiger charge is 2.20. The molecule has 0 bridgehead atoms. The Morgan fingerprint density at radius 1 is 1.28 bits per heavy atom. The van der Waals surface area contributed by atoms with Crippen molar-refractivity contribution < 1.29 is 13.2 Å². The van der Waals surface area contributed by atoms with E-state index in [1.54, 1.807) is 0 Å². The summed E-state index contributed by atoms with van der Waals surface area (Å²) in [5.74, 6) is 0.766. The Balaban J connectivity index is 0.00000300. The first-order valence-corrected chi connectivity index (χ1v) is 11.9. The number of guanidine groups is 1. The maximum Gasteiger partial charge on any atom is 0.213 e. The van der Waals surface area contributed by atoms with Crippen molar-refractivity contribution in [3.63, 3.8) is 0 Å². The molecule has 0 amide bonds.